The summed E-state index contributed by atoms with van der Waals surface area (Å²) in [6, 6.07) is 10.3. The molecule has 2 fully saturated rings. The fourth-order valence-electron chi connectivity index (χ4n) is 3.79. The first kappa shape index (κ1) is 14.3. The second kappa shape index (κ2) is 5.98. The second-order valence-electron chi connectivity index (χ2n) is 6.27. The van der Waals surface area contributed by atoms with Gasteiger partial charge in [-0.3, -0.25) is 4.79 Å². The molecule has 0 radical (unpaired) electrons. The van der Waals surface area contributed by atoms with Gasteiger partial charge in [0.25, 0.3) is 0 Å². The van der Waals surface area contributed by atoms with Gasteiger partial charge in [-0.15, -0.1) is 0 Å². The molecule has 112 valence electrons. The molecule has 5 atom stereocenters. The van der Waals surface area contributed by atoms with E-state index in [0.717, 1.165) is 12.8 Å². The van der Waals surface area contributed by atoms with Crippen molar-refractivity contribution in [2.75, 3.05) is 7.05 Å². The van der Waals surface area contributed by atoms with Gasteiger partial charge in [-0.2, -0.15) is 0 Å². The van der Waals surface area contributed by atoms with Crippen LogP contribution in [0.3, 0.4) is 0 Å². The first-order chi connectivity index (χ1) is 10.2. The molecular formula is C17H22NO3+. The Balaban J connectivity index is 1.65. The van der Waals surface area contributed by atoms with E-state index in [9.17, 15) is 9.59 Å². The number of hydrogen-bond acceptors (Lipinski definition) is 3. The van der Waals surface area contributed by atoms with Gasteiger partial charge >= 0.3 is 5.97 Å². The molecule has 2 bridgehead atoms. The Bertz CT molecular complexity index is 502. The summed E-state index contributed by atoms with van der Waals surface area (Å²) in [6.07, 6.45) is 4.96. The molecular weight excluding hydrogens is 266 g/mol. The van der Waals surface area contributed by atoms with Crippen LogP contribution in [0, 0.1) is 0 Å². The number of quaternary nitrogens is 1. The monoisotopic (exact) mass is 288 g/mol. The van der Waals surface area contributed by atoms with Crippen LogP contribution < -0.4 is 4.90 Å². The molecule has 1 N–H and O–H groups in total. The van der Waals surface area contributed by atoms with E-state index in [4.69, 9.17) is 4.74 Å². The Hall–Kier alpha value is -1.68. The summed E-state index contributed by atoms with van der Waals surface area (Å²) in [5.41, 5.74) is 0.707. The molecule has 1 aromatic carbocycles. The molecule has 2 heterocycles. The molecule has 2 aliphatic heterocycles. The van der Waals surface area contributed by atoms with Gasteiger partial charge in [0, 0.05) is 25.7 Å². The number of carbonyl (C=O) groups is 2. The number of nitrogens with one attached hydrogen (secondary N) is 1. The zero-order valence-electron chi connectivity index (χ0n) is 12.3. The smallest absolute Gasteiger partial charge is 0.320 e. The van der Waals surface area contributed by atoms with E-state index in [1.165, 1.54) is 12.8 Å². The maximum atomic E-state index is 12.3. The van der Waals surface area contributed by atoms with Crippen LogP contribution in [0.4, 0.5) is 0 Å². The van der Waals surface area contributed by atoms with Crippen LogP contribution in [0.2, 0.25) is 0 Å². The molecule has 0 aliphatic carbocycles. The van der Waals surface area contributed by atoms with Gasteiger partial charge in [-0.1, -0.05) is 30.3 Å². The van der Waals surface area contributed by atoms with E-state index in [1.807, 2.05) is 18.2 Å². The number of hydrogen-bond donors (Lipinski definition) is 1. The summed E-state index contributed by atoms with van der Waals surface area (Å²) in [5, 5.41) is 0. The van der Waals surface area contributed by atoms with E-state index < -0.39 is 11.9 Å². The highest BCUT2D eigenvalue weighted by Gasteiger charge is 2.44. The van der Waals surface area contributed by atoms with Crippen molar-refractivity contribution in [2.45, 2.75) is 49.8 Å². The highest BCUT2D eigenvalue weighted by molar-refractivity contribution is 5.94. The van der Waals surface area contributed by atoms with Gasteiger partial charge in [-0.05, 0) is 5.56 Å². The topological polar surface area (TPSA) is 47.8 Å². The number of ether oxygens (including phenoxy) is 1. The third kappa shape index (κ3) is 2.86. The predicted octanol–water partition coefficient (Wildman–Crippen LogP) is 0.720. The summed E-state index contributed by atoms with van der Waals surface area (Å²) >= 11 is 0. The van der Waals surface area contributed by atoms with Gasteiger partial charge < -0.3 is 14.4 Å². The number of aldehydes is 1. The van der Waals surface area contributed by atoms with Crippen molar-refractivity contribution < 1.29 is 19.2 Å². The average molecular weight is 288 g/mol. The molecule has 0 aromatic heterocycles. The fraction of sp³-hybridized carbons (Fsp3) is 0.529. The van der Waals surface area contributed by atoms with Gasteiger partial charge in [0.1, 0.15) is 18.3 Å². The van der Waals surface area contributed by atoms with Crippen LogP contribution in [0.5, 0.6) is 0 Å². The normalized spacial score (nSPS) is 32.4. The lowest BCUT2D eigenvalue weighted by atomic mass is 9.98. The standard InChI is InChI=1S/C17H21NO3/c1-18-13-7-8-14(18)10-15(9-13)21-17(20)16(11-19)12-5-3-2-4-6-12/h2-6,11,13-16H,7-10H2,1H3/p+1/t13-,14+,15?,16-/m1/s1. The lowest BCUT2D eigenvalue weighted by Crippen LogP contribution is -3.15. The number of fused-ring (bicyclic) bond motifs is 2. The Labute approximate surface area is 125 Å². The third-order valence-electron chi connectivity index (χ3n) is 5.08. The summed E-state index contributed by atoms with van der Waals surface area (Å²) < 4.78 is 5.64. The number of piperidine rings is 1. The largest absolute Gasteiger partial charge is 0.461 e. The van der Waals surface area contributed by atoms with Crippen LogP contribution in [0.15, 0.2) is 30.3 Å². The summed E-state index contributed by atoms with van der Waals surface area (Å²) in [5.74, 6) is -1.20. The molecule has 0 amide bonds. The highest BCUT2D eigenvalue weighted by atomic mass is 16.5. The Kier molecular flexibility index (Phi) is 4.06. The zero-order chi connectivity index (χ0) is 14.8. The number of esters is 1. The minimum atomic E-state index is -0.796. The minimum absolute atomic E-state index is 0.0233. The lowest BCUT2D eigenvalue weighted by molar-refractivity contribution is -0.923. The van der Waals surface area contributed by atoms with Crippen molar-refractivity contribution in [2.24, 2.45) is 0 Å². The average Bonchev–Trinajstić information content (AvgIpc) is 2.72. The van der Waals surface area contributed by atoms with E-state index in [-0.39, 0.29) is 6.10 Å². The number of benzene rings is 1. The summed E-state index contributed by atoms with van der Waals surface area (Å²) in [6.45, 7) is 0. The maximum Gasteiger partial charge on any atom is 0.320 e. The van der Waals surface area contributed by atoms with Crippen molar-refractivity contribution in [1.29, 1.82) is 0 Å². The SMILES string of the molecule is C[NH+]1[C@@H]2CC[C@H]1CC(OC(=O)[C@H](C=O)c1ccccc1)C2. The third-order valence-corrected chi connectivity index (χ3v) is 5.08. The Morgan fingerprint density at radius 3 is 2.43 bits per heavy atom. The maximum absolute atomic E-state index is 12.3. The molecule has 2 saturated heterocycles. The van der Waals surface area contributed by atoms with E-state index in [1.54, 1.807) is 17.0 Å². The van der Waals surface area contributed by atoms with Crippen LogP contribution in [0.25, 0.3) is 0 Å². The van der Waals surface area contributed by atoms with Crippen molar-refractivity contribution in [3.63, 3.8) is 0 Å². The highest BCUT2D eigenvalue weighted by Crippen LogP contribution is 2.26. The van der Waals surface area contributed by atoms with Crippen LogP contribution >= 0.6 is 0 Å². The van der Waals surface area contributed by atoms with Gasteiger partial charge in [0.2, 0.25) is 0 Å². The molecule has 21 heavy (non-hydrogen) atoms. The fourth-order valence-corrected chi connectivity index (χ4v) is 3.79. The van der Waals surface area contributed by atoms with Gasteiger partial charge in [0.05, 0.1) is 19.1 Å². The summed E-state index contributed by atoms with van der Waals surface area (Å²) in [7, 11) is 2.23. The van der Waals surface area contributed by atoms with Crippen LogP contribution in [-0.2, 0) is 14.3 Å². The number of rotatable bonds is 4. The van der Waals surface area contributed by atoms with E-state index >= 15 is 0 Å². The molecule has 1 aromatic rings. The molecule has 0 saturated carbocycles. The van der Waals surface area contributed by atoms with Gasteiger partial charge in [0.15, 0.2) is 0 Å². The minimum Gasteiger partial charge on any atom is -0.461 e. The predicted molar refractivity (Wildman–Crippen MR) is 78.1 cm³/mol. The quantitative estimate of drug-likeness (QED) is 0.504. The van der Waals surface area contributed by atoms with E-state index in [2.05, 4.69) is 7.05 Å². The van der Waals surface area contributed by atoms with Crippen molar-refractivity contribution in [3.05, 3.63) is 35.9 Å². The molecule has 4 nitrogen and oxygen atoms in total. The second-order valence-corrected chi connectivity index (χ2v) is 6.27. The lowest BCUT2D eigenvalue weighted by Gasteiger charge is -2.33. The van der Waals surface area contributed by atoms with Crippen LogP contribution in [0.1, 0.15) is 37.2 Å². The zero-order valence-corrected chi connectivity index (χ0v) is 12.3. The van der Waals surface area contributed by atoms with Crippen molar-refractivity contribution in [3.8, 4) is 0 Å². The number of carbonyl (C=O) groups excluding carboxylic acids is 2. The Morgan fingerprint density at radius 2 is 1.86 bits per heavy atom. The van der Waals surface area contributed by atoms with Crippen molar-refractivity contribution in [1.82, 2.24) is 0 Å². The molecule has 4 heteroatoms. The van der Waals surface area contributed by atoms with Gasteiger partial charge in [-0.25, -0.2) is 0 Å². The first-order valence-corrected chi connectivity index (χ1v) is 7.73. The summed E-state index contributed by atoms with van der Waals surface area (Å²) in [4.78, 5) is 25.2. The molecule has 2 unspecified atom stereocenters. The van der Waals surface area contributed by atoms with Crippen LogP contribution in [-0.4, -0.2) is 37.5 Å². The first-order valence-electron chi connectivity index (χ1n) is 7.73. The Morgan fingerprint density at radius 1 is 1.24 bits per heavy atom. The molecule has 2 aliphatic rings. The van der Waals surface area contributed by atoms with E-state index in [0.29, 0.717) is 23.9 Å². The molecule has 3 rings (SSSR count). The molecule has 0 spiro atoms. The van der Waals surface area contributed by atoms with Crippen molar-refractivity contribution >= 4 is 12.3 Å².